The third-order valence-electron chi connectivity index (χ3n) is 2.74. The molecule has 0 saturated heterocycles. The first-order chi connectivity index (χ1) is 10.0. The highest BCUT2D eigenvalue weighted by Gasteiger charge is 2.34. The van der Waals surface area contributed by atoms with Crippen molar-refractivity contribution in [3.63, 3.8) is 0 Å². The van der Waals surface area contributed by atoms with Crippen LogP contribution in [0.25, 0.3) is 0 Å². The number of hydrogen-bond acceptors (Lipinski definition) is 3. The molecule has 21 heavy (non-hydrogen) atoms. The zero-order valence-corrected chi connectivity index (χ0v) is 11.4. The zero-order chi connectivity index (χ0) is 15.3. The second-order valence-electron chi connectivity index (χ2n) is 4.34. The third kappa shape index (κ3) is 4.19. The molecule has 112 valence electrons. The van der Waals surface area contributed by atoms with E-state index in [0.29, 0.717) is 12.2 Å². The average Bonchev–Trinajstić information content (AvgIpc) is 2.45. The lowest BCUT2D eigenvalue weighted by Gasteiger charge is -2.13. The molecular weight excluding hydrogens is 281 g/mol. The number of hydrogen-bond donors (Lipinski definition) is 1. The van der Waals surface area contributed by atoms with E-state index in [-0.39, 0.29) is 11.6 Å². The third-order valence-corrected chi connectivity index (χ3v) is 2.74. The van der Waals surface area contributed by atoms with E-state index in [2.05, 4.69) is 10.3 Å². The summed E-state index contributed by atoms with van der Waals surface area (Å²) in [6.07, 6.45) is -4.46. The van der Waals surface area contributed by atoms with Crippen LogP contribution in [0.2, 0.25) is 0 Å². The van der Waals surface area contributed by atoms with E-state index in [1.165, 1.54) is 24.3 Å². The molecule has 0 aliphatic heterocycles. The predicted octanol–water partition coefficient (Wildman–Crippen LogP) is 4.00. The first-order valence-electron chi connectivity index (χ1n) is 6.51. The molecule has 6 heteroatoms. The zero-order valence-electron chi connectivity index (χ0n) is 11.4. The van der Waals surface area contributed by atoms with Crippen LogP contribution in [0.15, 0.2) is 42.5 Å². The normalized spacial score (nSPS) is 11.4. The van der Waals surface area contributed by atoms with Gasteiger partial charge in [0, 0.05) is 12.6 Å². The minimum atomic E-state index is -4.46. The van der Waals surface area contributed by atoms with Crippen molar-refractivity contribution in [3.8, 4) is 11.6 Å². The summed E-state index contributed by atoms with van der Waals surface area (Å²) in [6, 6.07) is 10.1. The van der Waals surface area contributed by atoms with Crippen LogP contribution in [0.4, 0.5) is 13.2 Å². The van der Waals surface area contributed by atoms with Crippen molar-refractivity contribution in [1.82, 2.24) is 10.3 Å². The van der Waals surface area contributed by atoms with E-state index in [1.807, 2.05) is 6.92 Å². The summed E-state index contributed by atoms with van der Waals surface area (Å²) in [6.45, 7) is 3.28. The molecule has 1 aromatic carbocycles. The number of nitrogens with one attached hydrogen (secondary N) is 1. The fraction of sp³-hybridized carbons (Fsp3) is 0.267. The Balaban J connectivity index is 2.23. The van der Waals surface area contributed by atoms with Gasteiger partial charge in [-0.05, 0) is 24.7 Å². The Hall–Kier alpha value is -2.08. The van der Waals surface area contributed by atoms with E-state index >= 15 is 0 Å². The summed E-state index contributed by atoms with van der Waals surface area (Å²) in [5, 5.41) is 3.09. The van der Waals surface area contributed by atoms with E-state index in [4.69, 9.17) is 4.74 Å². The highest BCUT2D eigenvalue weighted by molar-refractivity contribution is 5.38. The maximum absolute atomic E-state index is 12.9. The van der Waals surface area contributed by atoms with Crippen molar-refractivity contribution in [2.45, 2.75) is 19.6 Å². The highest BCUT2D eigenvalue weighted by atomic mass is 19.4. The van der Waals surface area contributed by atoms with Crippen molar-refractivity contribution < 1.29 is 17.9 Å². The fourth-order valence-corrected chi connectivity index (χ4v) is 1.77. The number of rotatable bonds is 5. The van der Waals surface area contributed by atoms with Gasteiger partial charge >= 0.3 is 6.18 Å². The molecule has 1 heterocycles. The van der Waals surface area contributed by atoms with Crippen molar-refractivity contribution in [3.05, 3.63) is 53.7 Å². The summed E-state index contributed by atoms with van der Waals surface area (Å²) in [4.78, 5) is 4.18. The molecule has 0 aliphatic carbocycles. The number of alkyl halides is 3. The SMILES string of the molecule is CCNCc1cccc(Oc2ccccc2C(F)(F)F)n1. The molecular formula is C15H15F3N2O. The predicted molar refractivity (Wildman–Crippen MR) is 73.1 cm³/mol. The first kappa shape index (κ1) is 15.3. The van der Waals surface area contributed by atoms with Crippen molar-refractivity contribution >= 4 is 0 Å². The first-order valence-corrected chi connectivity index (χ1v) is 6.51. The quantitative estimate of drug-likeness (QED) is 0.905. The van der Waals surface area contributed by atoms with E-state index in [0.717, 1.165) is 12.6 Å². The lowest BCUT2D eigenvalue weighted by molar-refractivity contribution is -0.138. The Morgan fingerprint density at radius 3 is 2.57 bits per heavy atom. The number of pyridine rings is 1. The van der Waals surface area contributed by atoms with Crippen molar-refractivity contribution in [2.75, 3.05) is 6.54 Å². The second kappa shape index (κ2) is 6.58. The summed E-state index contributed by atoms with van der Waals surface area (Å²) < 4.78 is 44.0. The van der Waals surface area contributed by atoms with Gasteiger partial charge in [0.15, 0.2) is 0 Å². The largest absolute Gasteiger partial charge is 0.438 e. The van der Waals surface area contributed by atoms with Gasteiger partial charge in [-0.2, -0.15) is 13.2 Å². The van der Waals surface area contributed by atoms with Crippen molar-refractivity contribution in [2.24, 2.45) is 0 Å². The highest BCUT2D eigenvalue weighted by Crippen LogP contribution is 2.37. The van der Waals surface area contributed by atoms with Crippen LogP contribution in [-0.2, 0) is 12.7 Å². The Bertz CT molecular complexity index is 599. The Kier molecular flexibility index (Phi) is 4.80. The Labute approximate surface area is 120 Å². The molecule has 2 aromatic rings. The molecule has 2 rings (SSSR count). The molecule has 0 bridgehead atoms. The van der Waals surface area contributed by atoms with Crippen LogP contribution in [0.1, 0.15) is 18.2 Å². The van der Waals surface area contributed by atoms with Crippen LogP contribution in [0.5, 0.6) is 11.6 Å². The van der Waals surface area contributed by atoms with E-state index < -0.39 is 11.7 Å². The molecule has 0 aliphatic rings. The number of para-hydroxylation sites is 1. The van der Waals surface area contributed by atoms with Gasteiger partial charge in [0.25, 0.3) is 0 Å². The Morgan fingerprint density at radius 1 is 1.10 bits per heavy atom. The lowest BCUT2D eigenvalue weighted by atomic mass is 10.2. The summed E-state index contributed by atoms with van der Waals surface area (Å²) in [7, 11) is 0. The summed E-state index contributed by atoms with van der Waals surface area (Å²) in [5.74, 6) is -0.111. The average molecular weight is 296 g/mol. The maximum Gasteiger partial charge on any atom is 0.419 e. The van der Waals surface area contributed by atoms with E-state index in [9.17, 15) is 13.2 Å². The molecule has 0 atom stereocenters. The van der Waals surface area contributed by atoms with E-state index in [1.54, 1.807) is 12.1 Å². The number of benzene rings is 1. The van der Waals surface area contributed by atoms with Gasteiger partial charge in [-0.3, -0.25) is 0 Å². The lowest BCUT2D eigenvalue weighted by Crippen LogP contribution is -2.13. The minimum absolute atomic E-state index is 0.141. The van der Waals surface area contributed by atoms with Gasteiger partial charge in [0.1, 0.15) is 5.75 Å². The maximum atomic E-state index is 12.9. The number of nitrogens with zero attached hydrogens (tertiary/aromatic N) is 1. The van der Waals surface area contributed by atoms with Gasteiger partial charge in [-0.1, -0.05) is 25.1 Å². The van der Waals surface area contributed by atoms with Gasteiger partial charge in [0.2, 0.25) is 5.88 Å². The summed E-state index contributed by atoms with van der Waals surface area (Å²) >= 11 is 0. The Morgan fingerprint density at radius 2 is 1.86 bits per heavy atom. The van der Waals surface area contributed by atoms with Crippen LogP contribution < -0.4 is 10.1 Å². The minimum Gasteiger partial charge on any atom is -0.438 e. The van der Waals surface area contributed by atoms with Gasteiger partial charge < -0.3 is 10.1 Å². The number of halogens is 3. The molecule has 0 fully saturated rings. The van der Waals surface area contributed by atoms with Gasteiger partial charge in [-0.25, -0.2) is 4.98 Å². The molecule has 0 radical (unpaired) electrons. The standard InChI is InChI=1S/C15H15F3N2O/c1-2-19-10-11-6-5-9-14(20-11)21-13-8-4-3-7-12(13)15(16,17)18/h3-9,19H,2,10H2,1H3. The smallest absolute Gasteiger partial charge is 0.419 e. The summed E-state index contributed by atoms with van der Waals surface area (Å²) in [5.41, 5.74) is -0.109. The molecule has 0 unspecified atom stereocenters. The molecule has 0 spiro atoms. The topological polar surface area (TPSA) is 34.1 Å². The molecule has 1 N–H and O–H groups in total. The second-order valence-corrected chi connectivity index (χ2v) is 4.34. The van der Waals surface area contributed by atoms with Crippen LogP contribution in [0.3, 0.4) is 0 Å². The van der Waals surface area contributed by atoms with Crippen molar-refractivity contribution in [1.29, 1.82) is 0 Å². The fourth-order valence-electron chi connectivity index (χ4n) is 1.77. The van der Waals surface area contributed by atoms with Crippen LogP contribution in [0, 0.1) is 0 Å². The molecule has 0 amide bonds. The van der Waals surface area contributed by atoms with Crippen LogP contribution >= 0.6 is 0 Å². The van der Waals surface area contributed by atoms with Gasteiger partial charge in [-0.15, -0.1) is 0 Å². The monoisotopic (exact) mass is 296 g/mol. The number of aromatic nitrogens is 1. The molecule has 0 saturated carbocycles. The molecule has 3 nitrogen and oxygen atoms in total. The van der Waals surface area contributed by atoms with Crippen LogP contribution in [-0.4, -0.2) is 11.5 Å². The number of ether oxygens (including phenoxy) is 1. The molecule has 1 aromatic heterocycles. The van der Waals surface area contributed by atoms with Gasteiger partial charge in [0.05, 0.1) is 11.3 Å².